The largest absolute Gasteiger partial charge is 0.374 e. The van der Waals surface area contributed by atoms with Gasteiger partial charge in [-0.25, -0.2) is 0 Å². The number of amides is 1. The van der Waals surface area contributed by atoms with Crippen molar-refractivity contribution in [3.05, 3.63) is 0 Å². The number of ether oxygens (including phenoxy) is 1. The molecule has 0 rings (SSSR count). The van der Waals surface area contributed by atoms with Gasteiger partial charge in [-0.1, -0.05) is 34.1 Å². The lowest BCUT2D eigenvalue weighted by atomic mass is 10.1. The van der Waals surface area contributed by atoms with Crippen molar-refractivity contribution in [1.29, 1.82) is 0 Å². The average Bonchev–Trinajstić information content (AvgIpc) is 2.41. The Morgan fingerprint density at radius 3 is 2.29 bits per heavy atom. The summed E-state index contributed by atoms with van der Waals surface area (Å²) in [6.45, 7) is 9.69. The molecule has 124 valence electrons. The van der Waals surface area contributed by atoms with Crippen LogP contribution in [0.15, 0.2) is 0 Å². The highest BCUT2D eigenvalue weighted by molar-refractivity contribution is 5.81. The van der Waals surface area contributed by atoms with Gasteiger partial charge in [-0.3, -0.25) is 9.59 Å². The van der Waals surface area contributed by atoms with Gasteiger partial charge in [-0.15, -0.1) is 0 Å². The van der Waals surface area contributed by atoms with E-state index >= 15 is 0 Å². The fraction of sp³-hybridized carbons (Fsp3) is 0.882. The number of carbonyl (C=O) groups is 2. The molecule has 0 aliphatic rings. The molecule has 0 aliphatic carbocycles. The molecule has 0 aromatic carbocycles. The third-order valence-electron chi connectivity index (χ3n) is 3.52. The molecule has 0 radical (unpaired) electrons. The molecule has 21 heavy (non-hydrogen) atoms. The minimum Gasteiger partial charge on any atom is -0.374 e. The summed E-state index contributed by atoms with van der Waals surface area (Å²) in [7, 11) is 1.86. The predicted octanol–water partition coefficient (Wildman–Crippen LogP) is 3.29. The van der Waals surface area contributed by atoms with Crippen LogP contribution < -0.4 is 0 Å². The molecule has 0 saturated carbocycles. The molecule has 4 heteroatoms. The number of nitrogens with zero attached hydrogens (tertiary/aromatic N) is 1. The Morgan fingerprint density at radius 2 is 1.71 bits per heavy atom. The first-order valence-electron chi connectivity index (χ1n) is 8.19. The molecule has 0 fully saturated rings. The van der Waals surface area contributed by atoms with Gasteiger partial charge in [0.2, 0.25) is 5.91 Å². The summed E-state index contributed by atoms with van der Waals surface area (Å²) in [6.07, 6.45) is 4.53. The van der Waals surface area contributed by atoms with E-state index in [0.717, 1.165) is 32.2 Å². The van der Waals surface area contributed by atoms with Crippen LogP contribution in [0.1, 0.15) is 59.8 Å². The van der Waals surface area contributed by atoms with E-state index in [2.05, 4.69) is 13.8 Å². The van der Waals surface area contributed by atoms with E-state index in [1.165, 1.54) is 0 Å². The van der Waals surface area contributed by atoms with Gasteiger partial charge < -0.3 is 9.64 Å². The highest BCUT2D eigenvalue weighted by Gasteiger charge is 2.09. The van der Waals surface area contributed by atoms with Crippen molar-refractivity contribution in [3.63, 3.8) is 0 Å². The smallest absolute Gasteiger partial charge is 0.222 e. The Kier molecular flexibility index (Phi) is 11.2. The van der Waals surface area contributed by atoms with Crippen LogP contribution in [-0.4, -0.2) is 43.4 Å². The van der Waals surface area contributed by atoms with Crippen molar-refractivity contribution in [2.45, 2.75) is 59.8 Å². The summed E-state index contributed by atoms with van der Waals surface area (Å²) in [4.78, 5) is 25.0. The Balaban J connectivity index is 3.54. The van der Waals surface area contributed by atoms with Crippen LogP contribution in [0, 0.1) is 11.8 Å². The van der Waals surface area contributed by atoms with E-state index in [1.807, 2.05) is 20.9 Å². The van der Waals surface area contributed by atoms with Crippen LogP contribution in [0.2, 0.25) is 0 Å². The van der Waals surface area contributed by atoms with Crippen LogP contribution in [0.4, 0.5) is 0 Å². The summed E-state index contributed by atoms with van der Waals surface area (Å²) >= 11 is 0. The highest BCUT2D eigenvalue weighted by atomic mass is 16.5. The maximum atomic E-state index is 11.9. The van der Waals surface area contributed by atoms with E-state index in [4.69, 9.17) is 4.74 Å². The molecule has 0 aromatic rings. The third kappa shape index (κ3) is 11.4. The second-order valence-corrected chi connectivity index (χ2v) is 6.48. The van der Waals surface area contributed by atoms with E-state index in [0.29, 0.717) is 18.9 Å². The van der Waals surface area contributed by atoms with Gasteiger partial charge in [0.1, 0.15) is 6.61 Å². The van der Waals surface area contributed by atoms with E-state index in [1.54, 1.807) is 4.90 Å². The second-order valence-electron chi connectivity index (χ2n) is 6.48. The zero-order chi connectivity index (χ0) is 16.3. The number of hydrogen-bond acceptors (Lipinski definition) is 3. The van der Waals surface area contributed by atoms with Gasteiger partial charge in [0, 0.05) is 32.5 Å². The van der Waals surface area contributed by atoms with Gasteiger partial charge in [-0.05, 0) is 25.2 Å². The average molecular weight is 299 g/mol. The summed E-state index contributed by atoms with van der Waals surface area (Å²) in [5, 5.41) is 0. The third-order valence-corrected chi connectivity index (χ3v) is 3.52. The van der Waals surface area contributed by atoms with E-state index in [9.17, 15) is 9.59 Å². The Morgan fingerprint density at radius 1 is 1.05 bits per heavy atom. The number of ketones is 1. The Bertz CT molecular complexity index is 300. The first-order chi connectivity index (χ1) is 9.84. The van der Waals surface area contributed by atoms with Crippen molar-refractivity contribution < 1.29 is 14.3 Å². The summed E-state index contributed by atoms with van der Waals surface area (Å²) in [5.74, 6) is 1.08. The molecule has 0 aliphatic heterocycles. The highest BCUT2D eigenvalue weighted by Crippen LogP contribution is 2.08. The molecule has 0 N–H and O–H groups in total. The fourth-order valence-corrected chi connectivity index (χ4v) is 1.87. The van der Waals surface area contributed by atoms with Gasteiger partial charge in [0.25, 0.3) is 0 Å². The van der Waals surface area contributed by atoms with Gasteiger partial charge >= 0.3 is 0 Å². The number of rotatable bonds is 12. The number of Topliss-reactive ketones (excluding diaryl/α,β-unsaturated/α-hetero) is 1. The van der Waals surface area contributed by atoms with Crippen LogP contribution in [0.25, 0.3) is 0 Å². The molecular formula is C17H33NO3. The van der Waals surface area contributed by atoms with Crippen molar-refractivity contribution in [3.8, 4) is 0 Å². The zero-order valence-corrected chi connectivity index (χ0v) is 14.5. The molecule has 0 aromatic heterocycles. The number of hydrogen-bond donors (Lipinski definition) is 0. The van der Waals surface area contributed by atoms with Crippen LogP contribution in [-0.2, 0) is 14.3 Å². The first kappa shape index (κ1) is 20.1. The van der Waals surface area contributed by atoms with Crippen molar-refractivity contribution >= 4 is 11.7 Å². The maximum absolute atomic E-state index is 11.9. The second kappa shape index (κ2) is 11.7. The predicted molar refractivity (Wildman–Crippen MR) is 86.2 cm³/mol. The summed E-state index contributed by atoms with van der Waals surface area (Å²) in [6, 6.07) is 0. The van der Waals surface area contributed by atoms with E-state index in [-0.39, 0.29) is 24.2 Å². The fourth-order valence-electron chi connectivity index (χ4n) is 1.87. The number of carbonyl (C=O) groups excluding carboxylic acids is 2. The van der Waals surface area contributed by atoms with Gasteiger partial charge in [0.15, 0.2) is 5.78 Å². The lowest BCUT2D eigenvalue weighted by molar-refractivity contribution is -0.130. The molecule has 4 nitrogen and oxygen atoms in total. The molecule has 0 unspecified atom stereocenters. The molecule has 0 spiro atoms. The number of unbranched alkanes of at least 4 members (excludes halogenated alkanes) is 1. The Labute approximate surface area is 130 Å². The minimum atomic E-state index is 0.0413. The monoisotopic (exact) mass is 299 g/mol. The Hall–Kier alpha value is -0.900. The lowest BCUT2D eigenvalue weighted by Gasteiger charge is -2.17. The van der Waals surface area contributed by atoms with Crippen LogP contribution in [0.5, 0.6) is 0 Å². The SMILES string of the molecule is CC(C)CCCC(=O)N(C)CCCCOCC(=O)C(C)C. The van der Waals surface area contributed by atoms with Gasteiger partial charge in [0.05, 0.1) is 0 Å². The topological polar surface area (TPSA) is 46.6 Å². The van der Waals surface area contributed by atoms with E-state index < -0.39 is 0 Å². The first-order valence-corrected chi connectivity index (χ1v) is 8.19. The normalized spacial score (nSPS) is 11.2. The standard InChI is InChI=1S/C17H33NO3/c1-14(2)9-8-10-17(20)18(5)11-6-7-12-21-13-16(19)15(3)4/h14-15H,6-13H2,1-5H3. The molecule has 0 atom stereocenters. The van der Waals surface area contributed by atoms with Crippen molar-refractivity contribution in [2.24, 2.45) is 11.8 Å². The molecule has 1 amide bonds. The minimum absolute atomic E-state index is 0.0413. The summed E-state index contributed by atoms with van der Waals surface area (Å²) in [5.41, 5.74) is 0. The quantitative estimate of drug-likeness (QED) is 0.519. The van der Waals surface area contributed by atoms with Crippen LogP contribution >= 0.6 is 0 Å². The summed E-state index contributed by atoms with van der Waals surface area (Å²) < 4.78 is 5.34. The zero-order valence-electron chi connectivity index (χ0n) is 14.5. The lowest BCUT2D eigenvalue weighted by Crippen LogP contribution is -2.27. The van der Waals surface area contributed by atoms with Crippen molar-refractivity contribution in [2.75, 3.05) is 26.8 Å². The van der Waals surface area contributed by atoms with Crippen molar-refractivity contribution in [1.82, 2.24) is 4.90 Å². The maximum Gasteiger partial charge on any atom is 0.222 e. The molecule has 0 bridgehead atoms. The van der Waals surface area contributed by atoms with Crippen LogP contribution in [0.3, 0.4) is 0 Å². The molecule has 0 heterocycles. The molecular weight excluding hydrogens is 266 g/mol. The van der Waals surface area contributed by atoms with Gasteiger partial charge in [-0.2, -0.15) is 0 Å². The molecule has 0 saturated heterocycles.